The fourth-order valence-electron chi connectivity index (χ4n) is 2.68. The van der Waals surface area contributed by atoms with Crippen LogP contribution in [0.25, 0.3) is 0 Å². The van der Waals surface area contributed by atoms with E-state index in [1.54, 1.807) is 0 Å². The van der Waals surface area contributed by atoms with Gasteiger partial charge >= 0.3 is 0 Å². The summed E-state index contributed by atoms with van der Waals surface area (Å²) in [4.78, 5) is 9.45. The second-order valence-corrected chi connectivity index (χ2v) is 5.74. The van der Waals surface area contributed by atoms with Gasteiger partial charge in [0.25, 0.3) is 0 Å². The van der Waals surface area contributed by atoms with E-state index in [4.69, 9.17) is 5.73 Å². The van der Waals surface area contributed by atoms with E-state index in [9.17, 15) is 0 Å². The number of nitrogens with one attached hydrogen (secondary N) is 1. The summed E-state index contributed by atoms with van der Waals surface area (Å²) in [5.41, 5.74) is 6.87. The molecule has 1 aliphatic rings. The number of rotatable bonds is 7. The van der Waals surface area contributed by atoms with Crippen molar-refractivity contribution in [3.63, 3.8) is 0 Å². The van der Waals surface area contributed by atoms with E-state index in [1.807, 2.05) is 30.3 Å². The minimum atomic E-state index is 0.503. The van der Waals surface area contributed by atoms with Crippen LogP contribution >= 0.6 is 0 Å². The zero-order valence-electron chi connectivity index (χ0n) is 13.7. The molecule has 0 aliphatic carbocycles. The van der Waals surface area contributed by atoms with Crippen LogP contribution in [-0.4, -0.2) is 61.6 Å². The van der Waals surface area contributed by atoms with Crippen molar-refractivity contribution >= 4 is 11.6 Å². The summed E-state index contributed by atoms with van der Waals surface area (Å²) in [6.07, 6.45) is 2.28. The number of hydrogen-bond acceptors (Lipinski definition) is 3. The molecule has 0 radical (unpaired) electrons. The highest BCUT2D eigenvalue weighted by atomic mass is 15.3. The van der Waals surface area contributed by atoms with Crippen LogP contribution in [0.5, 0.6) is 0 Å². The quantitative estimate of drug-likeness (QED) is 0.458. The first-order chi connectivity index (χ1) is 10.8. The normalized spacial score (nSPS) is 17.6. The van der Waals surface area contributed by atoms with Crippen molar-refractivity contribution < 1.29 is 0 Å². The number of nitrogens with two attached hydrogens (primary N) is 1. The molecule has 0 aromatic heterocycles. The molecular weight excluding hydrogens is 274 g/mol. The van der Waals surface area contributed by atoms with Gasteiger partial charge in [-0.1, -0.05) is 25.1 Å². The molecule has 1 fully saturated rings. The van der Waals surface area contributed by atoms with Crippen LogP contribution in [0.4, 0.5) is 5.69 Å². The molecule has 1 aromatic rings. The average molecular weight is 303 g/mol. The molecule has 0 atom stereocenters. The second-order valence-electron chi connectivity index (χ2n) is 5.74. The maximum atomic E-state index is 5.88. The summed E-state index contributed by atoms with van der Waals surface area (Å²) >= 11 is 0. The molecule has 0 spiro atoms. The molecular formula is C17H29N5. The van der Waals surface area contributed by atoms with Crippen molar-refractivity contribution in [1.29, 1.82) is 0 Å². The van der Waals surface area contributed by atoms with Crippen LogP contribution in [0, 0.1) is 0 Å². The van der Waals surface area contributed by atoms with E-state index < -0.39 is 0 Å². The standard InChI is InChI=1S/C17H29N5/c1-2-21-12-14-22(15-13-21)11-7-6-10-19-17(18)20-16-8-4-3-5-9-16/h3-5,8-9H,2,6-7,10-15H2,1H3,(H3,18,19,20). The molecule has 1 aromatic carbocycles. The Morgan fingerprint density at radius 2 is 1.77 bits per heavy atom. The summed E-state index contributed by atoms with van der Waals surface area (Å²) in [6.45, 7) is 10.2. The minimum Gasteiger partial charge on any atom is -0.370 e. The van der Waals surface area contributed by atoms with Crippen molar-refractivity contribution in [2.45, 2.75) is 19.8 Å². The third kappa shape index (κ3) is 6.03. The number of likely N-dealkylation sites (N-methyl/N-ethyl adjacent to an activating group) is 1. The van der Waals surface area contributed by atoms with Crippen molar-refractivity contribution in [1.82, 2.24) is 9.80 Å². The molecule has 5 heteroatoms. The Morgan fingerprint density at radius 1 is 1.09 bits per heavy atom. The summed E-state index contributed by atoms with van der Waals surface area (Å²) in [5, 5.41) is 3.11. The van der Waals surface area contributed by atoms with Gasteiger partial charge in [-0.05, 0) is 38.1 Å². The predicted molar refractivity (Wildman–Crippen MR) is 94.3 cm³/mol. The lowest BCUT2D eigenvalue weighted by Crippen LogP contribution is -2.46. The lowest BCUT2D eigenvalue weighted by molar-refractivity contribution is 0.136. The third-order valence-corrected chi connectivity index (χ3v) is 4.12. The van der Waals surface area contributed by atoms with Crippen molar-refractivity contribution in [3.8, 4) is 0 Å². The average Bonchev–Trinajstić information content (AvgIpc) is 2.56. The molecule has 0 saturated carbocycles. The van der Waals surface area contributed by atoms with Crippen LogP contribution in [-0.2, 0) is 0 Å². The van der Waals surface area contributed by atoms with E-state index in [1.165, 1.54) is 45.7 Å². The minimum absolute atomic E-state index is 0.503. The summed E-state index contributed by atoms with van der Waals surface area (Å²) < 4.78 is 0. The first-order valence-corrected chi connectivity index (χ1v) is 8.34. The van der Waals surface area contributed by atoms with Crippen molar-refractivity contribution in [3.05, 3.63) is 30.3 Å². The smallest absolute Gasteiger partial charge is 0.193 e. The fourth-order valence-corrected chi connectivity index (χ4v) is 2.68. The molecule has 1 aliphatic heterocycles. The Balaban J connectivity index is 1.56. The van der Waals surface area contributed by atoms with Gasteiger partial charge in [-0.2, -0.15) is 0 Å². The van der Waals surface area contributed by atoms with Crippen LogP contribution < -0.4 is 11.1 Å². The topological polar surface area (TPSA) is 56.9 Å². The van der Waals surface area contributed by atoms with Gasteiger partial charge in [0.15, 0.2) is 5.96 Å². The molecule has 0 amide bonds. The maximum absolute atomic E-state index is 5.88. The molecule has 122 valence electrons. The third-order valence-electron chi connectivity index (χ3n) is 4.12. The monoisotopic (exact) mass is 303 g/mol. The molecule has 5 nitrogen and oxygen atoms in total. The number of para-hydroxylation sites is 1. The van der Waals surface area contributed by atoms with E-state index in [2.05, 4.69) is 27.0 Å². The molecule has 1 heterocycles. The SMILES string of the molecule is CCN1CCN(CCCCN=C(N)Nc2ccccc2)CC1. The predicted octanol–water partition coefficient (Wildman–Crippen LogP) is 1.83. The fraction of sp³-hybridized carbons (Fsp3) is 0.588. The van der Waals surface area contributed by atoms with Crippen LogP contribution in [0.2, 0.25) is 0 Å². The van der Waals surface area contributed by atoms with E-state index >= 15 is 0 Å². The number of anilines is 1. The number of benzene rings is 1. The number of guanidine groups is 1. The molecule has 2 rings (SSSR count). The number of unbranched alkanes of at least 4 members (excludes halogenated alkanes) is 1. The van der Waals surface area contributed by atoms with Crippen LogP contribution in [0.1, 0.15) is 19.8 Å². The largest absolute Gasteiger partial charge is 0.370 e. The van der Waals surface area contributed by atoms with E-state index in [-0.39, 0.29) is 0 Å². The lowest BCUT2D eigenvalue weighted by Gasteiger charge is -2.33. The number of nitrogens with zero attached hydrogens (tertiary/aromatic N) is 3. The van der Waals surface area contributed by atoms with Crippen molar-refractivity contribution in [2.24, 2.45) is 10.7 Å². The highest BCUT2D eigenvalue weighted by Crippen LogP contribution is 2.05. The number of piperazine rings is 1. The Morgan fingerprint density at radius 3 is 2.45 bits per heavy atom. The highest BCUT2D eigenvalue weighted by Gasteiger charge is 2.14. The zero-order chi connectivity index (χ0) is 15.6. The van der Waals surface area contributed by atoms with Crippen LogP contribution in [0.3, 0.4) is 0 Å². The zero-order valence-corrected chi connectivity index (χ0v) is 13.7. The van der Waals surface area contributed by atoms with Gasteiger partial charge in [0, 0.05) is 38.4 Å². The van der Waals surface area contributed by atoms with Gasteiger partial charge in [-0.25, -0.2) is 0 Å². The summed E-state index contributed by atoms with van der Waals surface area (Å²) in [6, 6.07) is 9.91. The Bertz CT molecular complexity index is 438. The first-order valence-electron chi connectivity index (χ1n) is 8.34. The molecule has 1 saturated heterocycles. The number of hydrogen-bond donors (Lipinski definition) is 2. The Kier molecular flexibility index (Phi) is 7.19. The summed E-state index contributed by atoms with van der Waals surface area (Å²) in [7, 11) is 0. The lowest BCUT2D eigenvalue weighted by atomic mass is 10.2. The molecule has 0 bridgehead atoms. The van der Waals surface area contributed by atoms with E-state index in [0.29, 0.717) is 5.96 Å². The molecule has 0 unspecified atom stereocenters. The number of aliphatic imine (C=N–C) groups is 1. The second kappa shape index (κ2) is 9.43. The van der Waals surface area contributed by atoms with Gasteiger partial charge < -0.3 is 20.9 Å². The summed E-state index contributed by atoms with van der Waals surface area (Å²) in [5.74, 6) is 0.503. The molecule has 22 heavy (non-hydrogen) atoms. The van der Waals surface area contributed by atoms with E-state index in [0.717, 1.165) is 18.7 Å². The van der Waals surface area contributed by atoms with Gasteiger partial charge in [0.1, 0.15) is 0 Å². The molecule has 3 N–H and O–H groups in total. The highest BCUT2D eigenvalue weighted by molar-refractivity contribution is 5.92. The maximum Gasteiger partial charge on any atom is 0.193 e. The van der Waals surface area contributed by atoms with Gasteiger partial charge in [0.05, 0.1) is 0 Å². The van der Waals surface area contributed by atoms with Gasteiger partial charge in [-0.15, -0.1) is 0 Å². The van der Waals surface area contributed by atoms with Gasteiger partial charge in [0.2, 0.25) is 0 Å². The van der Waals surface area contributed by atoms with Crippen molar-refractivity contribution in [2.75, 3.05) is 51.1 Å². The Labute approximate surface area is 134 Å². The first kappa shape index (κ1) is 16.8. The van der Waals surface area contributed by atoms with Gasteiger partial charge in [-0.3, -0.25) is 4.99 Å². The van der Waals surface area contributed by atoms with Crippen LogP contribution in [0.15, 0.2) is 35.3 Å². The Hall–Kier alpha value is -1.59.